The van der Waals surface area contributed by atoms with Gasteiger partial charge in [0.05, 0.1) is 17.9 Å². The van der Waals surface area contributed by atoms with Crippen molar-refractivity contribution < 1.29 is 19.0 Å². The first-order chi connectivity index (χ1) is 13.7. The molecule has 0 unspecified atom stereocenters. The largest absolute Gasteiger partial charge is 0.476 e. The zero-order valence-electron chi connectivity index (χ0n) is 15.9. The average molecular weight is 381 g/mol. The number of hydrogen-bond acceptors (Lipinski definition) is 5. The van der Waals surface area contributed by atoms with Gasteiger partial charge in [-0.3, -0.25) is 5.32 Å². The van der Waals surface area contributed by atoms with Gasteiger partial charge in [-0.2, -0.15) is 0 Å². The van der Waals surface area contributed by atoms with Crippen molar-refractivity contribution in [1.29, 1.82) is 0 Å². The van der Waals surface area contributed by atoms with Crippen LogP contribution in [-0.2, 0) is 4.74 Å². The number of hydrogen-bond donors (Lipinski definition) is 1. The van der Waals surface area contributed by atoms with Crippen molar-refractivity contribution in [2.75, 3.05) is 25.6 Å². The molecule has 7 nitrogen and oxygen atoms in total. The van der Waals surface area contributed by atoms with Crippen molar-refractivity contribution in [3.63, 3.8) is 0 Å². The van der Waals surface area contributed by atoms with Crippen molar-refractivity contribution in [3.8, 4) is 17.3 Å². The summed E-state index contributed by atoms with van der Waals surface area (Å²) in [6.07, 6.45) is 0.143. The van der Waals surface area contributed by atoms with E-state index in [9.17, 15) is 4.79 Å². The van der Waals surface area contributed by atoms with Gasteiger partial charge in [0.25, 0.3) is 0 Å². The van der Waals surface area contributed by atoms with Crippen LogP contribution in [0.4, 0.5) is 10.6 Å². The summed E-state index contributed by atoms with van der Waals surface area (Å²) in [6, 6.07) is 18.4. The predicted molar refractivity (Wildman–Crippen MR) is 106 cm³/mol. The lowest BCUT2D eigenvalue weighted by Crippen LogP contribution is -2.19. The van der Waals surface area contributed by atoms with Crippen molar-refractivity contribution in [1.82, 2.24) is 9.78 Å². The highest BCUT2D eigenvalue weighted by Gasteiger charge is 2.19. The number of anilines is 1. The number of amides is 1. The van der Waals surface area contributed by atoms with Crippen LogP contribution in [-0.4, -0.2) is 36.2 Å². The summed E-state index contributed by atoms with van der Waals surface area (Å²) < 4.78 is 17.8. The Morgan fingerprint density at radius 2 is 1.71 bits per heavy atom. The van der Waals surface area contributed by atoms with Crippen LogP contribution >= 0.6 is 0 Å². The van der Waals surface area contributed by atoms with E-state index in [-0.39, 0.29) is 0 Å². The van der Waals surface area contributed by atoms with Gasteiger partial charge in [0.1, 0.15) is 11.6 Å². The number of aromatic nitrogens is 2. The maximum atomic E-state index is 12.4. The molecular weight excluding hydrogens is 358 g/mol. The van der Waals surface area contributed by atoms with Gasteiger partial charge >= 0.3 is 6.09 Å². The molecule has 1 heterocycles. The molecule has 1 aromatic heterocycles. The first-order valence-corrected chi connectivity index (χ1v) is 8.99. The number of para-hydroxylation sites is 2. The highest BCUT2D eigenvalue weighted by Crippen LogP contribution is 2.28. The second-order valence-corrected chi connectivity index (χ2v) is 6.05. The van der Waals surface area contributed by atoms with Gasteiger partial charge in [-0.25, -0.2) is 9.48 Å². The van der Waals surface area contributed by atoms with E-state index in [0.29, 0.717) is 36.2 Å². The SMILES string of the molecule is COCCCOc1nn(-c2ccccc2)c(NC(=O)Oc2ccccc2)c1C. The van der Waals surface area contributed by atoms with Crippen LogP contribution in [0.2, 0.25) is 0 Å². The molecule has 0 aliphatic rings. The molecule has 28 heavy (non-hydrogen) atoms. The first-order valence-electron chi connectivity index (χ1n) is 8.99. The predicted octanol–water partition coefficient (Wildman–Crippen LogP) is 4.21. The standard InChI is InChI=1S/C21H23N3O4/c1-16-19(22-21(25)28-18-12-7-4-8-13-18)24(17-10-5-3-6-11-17)23-20(16)27-15-9-14-26-2/h3-8,10-13H,9,14-15H2,1-2H3,(H,22,25). The molecule has 0 radical (unpaired) electrons. The molecule has 1 N–H and O–H groups in total. The molecule has 0 saturated heterocycles. The Morgan fingerprint density at radius 1 is 1.04 bits per heavy atom. The highest BCUT2D eigenvalue weighted by atomic mass is 16.6. The van der Waals surface area contributed by atoms with Gasteiger partial charge in [0, 0.05) is 20.1 Å². The summed E-state index contributed by atoms with van der Waals surface area (Å²) in [5.74, 6) is 1.41. The molecule has 2 aromatic carbocycles. The quantitative estimate of drug-likeness (QED) is 0.592. The Kier molecular flexibility index (Phi) is 6.64. The zero-order valence-corrected chi connectivity index (χ0v) is 15.9. The summed E-state index contributed by atoms with van der Waals surface area (Å²) in [4.78, 5) is 12.4. The Morgan fingerprint density at radius 3 is 2.39 bits per heavy atom. The van der Waals surface area contributed by atoms with Gasteiger partial charge in [0.2, 0.25) is 5.88 Å². The van der Waals surface area contributed by atoms with E-state index in [2.05, 4.69) is 10.4 Å². The number of nitrogens with zero attached hydrogens (tertiary/aromatic N) is 2. The minimum Gasteiger partial charge on any atom is -0.476 e. The van der Waals surface area contributed by atoms with Crippen molar-refractivity contribution in [2.24, 2.45) is 0 Å². The minimum atomic E-state index is -0.600. The lowest BCUT2D eigenvalue weighted by Gasteiger charge is -2.10. The smallest absolute Gasteiger partial charge is 0.418 e. The summed E-state index contributed by atoms with van der Waals surface area (Å²) in [5.41, 5.74) is 1.51. The maximum Gasteiger partial charge on any atom is 0.418 e. The van der Waals surface area contributed by atoms with Gasteiger partial charge in [-0.1, -0.05) is 36.4 Å². The molecule has 1 amide bonds. The van der Waals surface area contributed by atoms with Gasteiger partial charge in [-0.05, 0) is 31.2 Å². The monoisotopic (exact) mass is 381 g/mol. The van der Waals surface area contributed by atoms with E-state index in [1.54, 1.807) is 36.1 Å². The molecule has 0 aliphatic heterocycles. The van der Waals surface area contributed by atoms with Gasteiger partial charge in [0.15, 0.2) is 0 Å². The molecular formula is C21H23N3O4. The summed E-state index contributed by atoms with van der Waals surface area (Å²) >= 11 is 0. The third kappa shape index (κ3) is 4.89. The van der Waals surface area contributed by atoms with Crippen LogP contribution in [0.1, 0.15) is 12.0 Å². The summed E-state index contributed by atoms with van der Waals surface area (Å²) in [7, 11) is 1.65. The van der Waals surface area contributed by atoms with E-state index in [0.717, 1.165) is 12.1 Å². The molecule has 0 bridgehead atoms. The molecule has 146 valence electrons. The topological polar surface area (TPSA) is 74.6 Å². The number of carbonyl (C=O) groups is 1. The number of ether oxygens (including phenoxy) is 3. The second-order valence-electron chi connectivity index (χ2n) is 6.05. The second kappa shape index (κ2) is 9.57. The molecule has 0 atom stereocenters. The van der Waals surface area contributed by atoms with E-state index in [4.69, 9.17) is 14.2 Å². The van der Waals surface area contributed by atoms with E-state index < -0.39 is 6.09 Å². The van der Waals surface area contributed by atoms with Crippen LogP contribution in [0.3, 0.4) is 0 Å². The summed E-state index contributed by atoms with van der Waals surface area (Å²) in [6.45, 7) is 2.91. The average Bonchev–Trinajstić information content (AvgIpc) is 3.02. The van der Waals surface area contributed by atoms with Crippen LogP contribution in [0.5, 0.6) is 11.6 Å². The zero-order chi connectivity index (χ0) is 19.8. The van der Waals surface area contributed by atoms with E-state index >= 15 is 0 Å². The first kappa shape index (κ1) is 19.4. The molecule has 0 saturated carbocycles. The number of methoxy groups -OCH3 is 1. The maximum absolute atomic E-state index is 12.4. The number of rotatable bonds is 8. The highest BCUT2D eigenvalue weighted by molar-refractivity contribution is 5.87. The van der Waals surface area contributed by atoms with Crippen LogP contribution in [0.25, 0.3) is 5.69 Å². The molecule has 0 aliphatic carbocycles. The van der Waals surface area contributed by atoms with Gasteiger partial charge < -0.3 is 14.2 Å². The lowest BCUT2D eigenvalue weighted by molar-refractivity contribution is 0.170. The number of benzene rings is 2. The Hall–Kier alpha value is -3.32. The molecule has 3 rings (SSSR count). The van der Waals surface area contributed by atoms with Crippen molar-refractivity contribution in [2.45, 2.75) is 13.3 Å². The Bertz CT molecular complexity index is 895. The number of nitrogens with one attached hydrogen (secondary N) is 1. The third-order valence-corrected chi connectivity index (χ3v) is 3.99. The van der Waals surface area contributed by atoms with Gasteiger partial charge in [-0.15, -0.1) is 5.10 Å². The van der Waals surface area contributed by atoms with Crippen LogP contribution in [0.15, 0.2) is 60.7 Å². The van der Waals surface area contributed by atoms with Crippen LogP contribution in [0, 0.1) is 6.92 Å². The normalized spacial score (nSPS) is 10.5. The Labute approximate surface area is 163 Å². The molecule has 0 fully saturated rings. The fourth-order valence-electron chi connectivity index (χ4n) is 2.61. The van der Waals surface area contributed by atoms with E-state index in [1.165, 1.54) is 0 Å². The van der Waals surface area contributed by atoms with Crippen LogP contribution < -0.4 is 14.8 Å². The number of carbonyl (C=O) groups excluding carboxylic acids is 1. The van der Waals surface area contributed by atoms with E-state index in [1.807, 2.05) is 43.3 Å². The minimum absolute atomic E-state index is 0.454. The molecule has 3 aromatic rings. The fourth-order valence-corrected chi connectivity index (χ4v) is 2.61. The summed E-state index contributed by atoms with van der Waals surface area (Å²) in [5, 5.41) is 7.30. The molecule has 0 spiro atoms. The fraction of sp³-hybridized carbons (Fsp3) is 0.238. The van der Waals surface area contributed by atoms with Crippen molar-refractivity contribution in [3.05, 3.63) is 66.2 Å². The lowest BCUT2D eigenvalue weighted by atomic mass is 10.3. The Balaban J connectivity index is 1.82. The molecule has 7 heteroatoms. The third-order valence-electron chi connectivity index (χ3n) is 3.99. The van der Waals surface area contributed by atoms with Crippen molar-refractivity contribution >= 4 is 11.9 Å².